The summed E-state index contributed by atoms with van der Waals surface area (Å²) in [5.41, 5.74) is -0.147. The van der Waals surface area contributed by atoms with Crippen molar-refractivity contribution < 1.29 is 9.53 Å². The molecule has 3 nitrogen and oxygen atoms in total. The summed E-state index contributed by atoms with van der Waals surface area (Å²) in [4.78, 5) is 14.0. The van der Waals surface area contributed by atoms with Crippen molar-refractivity contribution in [2.24, 2.45) is 5.41 Å². The Hall–Kier alpha value is -0.570. The molecular weight excluding hydrogens is 190 g/mol. The number of hydrogen-bond acceptors (Lipinski definition) is 3. The molecule has 0 spiro atoms. The van der Waals surface area contributed by atoms with Crippen molar-refractivity contribution in [3.63, 3.8) is 0 Å². The molecule has 0 aromatic carbocycles. The van der Waals surface area contributed by atoms with Gasteiger partial charge in [-0.2, -0.15) is 0 Å². The topological polar surface area (TPSA) is 29.5 Å². The van der Waals surface area contributed by atoms with E-state index in [2.05, 4.69) is 11.9 Å². The van der Waals surface area contributed by atoms with Crippen LogP contribution < -0.4 is 0 Å². The first kappa shape index (κ1) is 10.9. The van der Waals surface area contributed by atoms with E-state index in [1.807, 2.05) is 0 Å². The SMILES string of the molecule is COC(=O)C1(CN(C)C2CCCC2)CC1. The number of nitrogens with zero attached hydrogens (tertiary/aromatic N) is 1. The Labute approximate surface area is 91.8 Å². The molecule has 0 N–H and O–H groups in total. The molecule has 2 saturated carbocycles. The van der Waals surface area contributed by atoms with Crippen LogP contribution in [0.5, 0.6) is 0 Å². The normalized spacial score (nSPS) is 24.5. The first-order valence-corrected chi connectivity index (χ1v) is 5.97. The van der Waals surface area contributed by atoms with Gasteiger partial charge in [-0.3, -0.25) is 4.79 Å². The van der Waals surface area contributed by atoms with Crippen molar-refractivity contribution in [3.05, 3.63) is 0 Å². The number of esters is 1. The van der Waals surface area contributed by atoms with Gasteiger partial charge in [0.25, 0.3) is 0 Å². The zero-order chi connectivity index (χ0) is 10.9. The van der Waals surface area contributed by atoms with Gasteiger partial charge in [-0.25, -0.2) is 0 Å². The highest BCUT2D eigenvalue weighted by atomic mass is 16.5. The van der Waals surface area contributed by atoms with Crippen LogP contribution in [0.25, 0.3) is 0 Å². The van der Waals surface area contributed by atoms with Crippen LogP contribution >= 0.6 is 0 Å². The maximum Gasteiger partial charge on any atom is 0.313 e. The Bertz CT molecular complexity index is 242. The summed E-state index contributed by atoms with van der Waals surface area (Å²) in [7, 11) is 3.65. The average Bonchev–Trinajstić information content (AvgIpc) is 2.83. The van der Waals surface area contributed by atoms with Crippen LogP contribution in [0.4, 0.5) is 0 Å². The van der Waals surface area contributed by atoms with Crippen LogP contribution in [0, 0.1) is 5.41 Å². The van der Waals surface area contributed by atoms with Crippen LogP contribution in [0.3, 0.4) is 0 Å². The largest absolute Gasteiger partial charge is 0.469 e. The maximum atomic E-state index is 11.6. The fourth-order valence-corrected chi connectivity index (χ4v) is 2.75. The lowest BCUT2D eigenvalue weighted by Gasteiger charge is -2.27. The van der Waals surface area contributed by atoms with Gasteiger partial charge in [0.05, 0.1) is 12.5 Å². The monoisotopic (exact) mass is 211 g/mol. The second-order valence-corrected chi connectivity index (χ2v) is 5.13. The minimum atomic E-state index is -0.147. The van der Waals surface area contributed by atoms with E-state index < -0.39 is 0 Å². The lowest BCUT2D eigenvalue weighted by Crippen LogP contribution is -2.38. The fraction of sp³-hybridized carbons (Fsp3) is 0.917. The quantitative estimate of drug-likeness (QED) is 0.664. The molecule has 0 aromatic rings. The molecule has 2 fully saturated rings. The first-order chi connectivity index (χ1) is 7.18. The summed E-state index contributed by atoms with van der Waals surface area (Å²) in [6, 6.07) is 0.701. The van der Waals surface area contributed by atoms with E-state index in [1.165, 1.54) is 32.8 Å². The van der Waals surface area contributed by atoms with Gasteiger partial charge in [0.2, 0.25) is 0 Å². The third kappa shape index (κ3) is 2.17. The zero-order valence-electron chi connectivity index (χ0n) is 9.79. The van der Waals surface area contributed by atoms with Crippen LogP contribution in [0.1, 0.15) is 38.5 Å². The molecule has 2 rings (SSSR count). The summed E-state index contributed by atoms with van der Waals surface area (Å²) < 4.78 is 4.88. The Morgan fingerprint density at radius 3 is 2.47 bits per heavy atom. The minimum absolute atomic E-state index is 0.00709. The van der Waals surface area contributed by atoms with Gasteiger partial charge >= 0.3 is 5.97 Å². The summed E-state index contributed by atoms with van der Waals surface area (Å²) in [5, 5.41) is 0. The number of ether oxygens (including phenoxy) is 1. The molecule has 0 aliphatic heterocycles. The predicted octanol–water partition coefficient (Wildman–Crippen LogP) is 1.81. The van der Waals surface area contributed by atoms with E-state index >= 15 is 0 Å². The number of carbonyl (C=O) groups is 1. The molecule has 3 heteroatoms. The lowest BCUT2D eigenvalue weighted by molar-refractivity contribution is -0.148. The number of carbonyl (C=O) groups excluding carboxylic acids is 1. The Balaban J connectivity index is 1.87. The van der Waals surface area contributed by atoms with Crippen LogP contribution in [-0.4, -0.2) is 37.6 Å². The number of methoxy groups -OCH3 is 1. The number of hydrogen-bond donors (Lipinski definition) is 0. The van der Waals surface area contributed by atoms with Crippen molar-refractivity contribution in [3.8, 4) is 0 Å². The molecule has 0 saturated heterocycles. The van der Waals surface area contributed by atoms with Gasteiger partial charge in [0.1, 0.15) is 0 Å². The predicted molar refractivity (Wildman–Crippen MR) is 58.6 cm³/mol. The van der Waals surface area contributed by atoms with Crippen molar-refractivity contribution in [1.82, 2.24) is 4.90 Å². The molecule has 0 amide bonds. The van der Waals surface area contributed by atoms with Gasteiger partial charge in [-0.05, 0) is 32.7 Å². The lowest BCUT2D eigenvalue weighted by atomic mass is 10.1. The fourth-order valence-electron chi connectivity index (χ4n) is 2.75. The maximum absolute atomic E-state index is 11.6. The van der Waals surface area contributed by atoms with Crippen LogP contribution in [0.15, 0.2) is 0 Å². The molecule has 86 valence electrons. The van der Waals surface area contributed by atoms with Crippen molar-refractivity contribution in [2.45, 2.75) is 44.6 Å². The van der Waals surface area contributed by atoms with Crippen LogP contribution in [0.2, 0.25) is 0 Å². The summed E-state index contributed by atoms with van der Waals surface area (Å²) in [6.07, 6.45) is 7.31. The van der Waals surface area contributed by atoms with E-state index in [1.54, 1.807) is 0 Å². The third-order valence-electron chi connectivity index (χ3n) is 3.97. The molecule has 0 bridgehead atoms. The summed E-state index contributed by atoms with van der Waals surface area (Å²) in [6.45, 7) is 0.893. The third-order valence-corrected chi connectivity index (χ3v) is 3.97. The Morgan fingerprint density at radius 2 is 2.00 bits per heavy atom. The Morgan fingerprint density at radius 1 is 1.40 bits per heavy atom. The zero-order valence-corrected chi connectivity index (χ0v) is 9.79. The number of rotatable bonds is 4. The van der Waals surface area contributed by atoms with E-state index in [0.717, 1.165) is 19.4 Å². The summed E-state index contributed by atoms with van der Waals surface area (Å²) >= 11 is 0. The molecule has 15 heavy (non-hydrogen) atoms. The van der Waals surface area contributed by atoms with Crippen LogP contribution in [-0.2, 0) is 9.53 Å². The van der Waals surface area contributed by atoms with Gasteiger partial charge in [0, 0.05) is 12.6 Å². The van der Waals surface area contributed by atoms with E-state index in [0.29, 0.717) is 6.04 Å². The minimum Gasteiger partial charge on any atom is -0.469 e. The highest BCUT2D eigenvalue weighted by molar-refractivity contribution is 5.80. The highest BCUT2D eigenvalue weighted by Gasteiger charge is 2.52. The molecular formula is C12H21NO2. The molecule has 2 aliphatic carbocycles. The van der Waals surface area contributed by atoms with E-state index in [9.17, 15) is 4.79 Å². The molecule has 0 atom stereocenters. The van der Waals surface area contributed by atoms with E-state index in [-0.39, 0.29) is 11.4 Å². The second-order valence-electron chi connectivity index (χ2n) is 5.13. The van der Waals surface area contributed by atoms with Gasteiger partial charge in [-0.15, -0.1) is 0 Å². The van der Waals surface area contributed by atoms with Crippen molar-refractivity contribution >= 4 is 5.97 Å². The standard InChI is InChI=1S/C12H21NO2/c1-13(10-5-3-4-6-10)9-12(7-8-12)11(14)15-2/h10H,3-9H2,1-2H3. The second kappa shape index (κ2) is 4.12. The van der Waals surface area contributed by atoms with Crippen molar-refractivity contribution in [1.29, 1.82) is 0 Å². The van der Waals surface area contributed by atoms with Gasteiger partial charge in [0.15, 0.2) is 0 Å². The molecule has 0 radical (unpaired) electrons. The molecule has 0 aromatic heterocycles. The molecule has 0 heterocycles. The summed E-state index contributed by atoms with van der Waals surface area (Å²) in [5.74, 6) is -0.00709. The van der Waals surface area contributed by atoms with Gasteiger partial charge in [-0.1, -0.05) is 12.8 Å². The first-order valence-electron chi connectivity index (χ1n) is 5.97. The van der Waals surface area contributed by atoms with Gasteiger partial charge < -0.3 is 9.64 Å². The average molecular weight is 211 g/mol. The molecule has 2 aliphatic rings. The van der Waals surface area contributed by atoms with Crippen molar-refractivity contribution in [2.75, 3.05) is 20.7 Å². The smallest absolute Gasteiger partial charge is 0.313 e. The van der Waals surface area contributed by atoms with E-state index in [4.69, 9.17) is 4.74 Å². The molecule has 0 unspecified atom stereocenters. The highest BCUT2D eigenvalue weighted by Crippen LogP contribution is 2.47. The Kier molecular flexibility index (Phi) is 3.01.